The van der Waals surface area contributed by atoms with E-state index < -0.39 is 104 Å². The van der Waals surface area contributed by atoms with Crippen LogP contribution in [-0.4, -0.2) is 163 Å². The second-order valence-electron chi connectivity index (χ2n) is 15.6. The summed E-state index contributed by atoms with van der Waals surface area (Å²) in [6.45, 7) is 3.70. The van der Waals surface area contributed by atoms with Crippen LogP contribution < -0.4 is 26.6 Å². The third-order valence-corrected chi connectivity index (χ3v) is 11.9. The maximum absolute atomic E-state index is 13.3. The van der Waals surface area contributed by atoms with E-state index in [9.17, 15) is 59.0 Å². The molecule has 2 aromatic rings. The van der Waals surface area contributed by atoms with Crippen molar-refractivity contribution in [2.24, 2.45) is 11.8 Å². The lowest BCUT2D eigenvalue weighted by atomic mass is 9.95. The summed E-state index contributed by atoms with van der Waals surface area (Å²) in [5, 5.41) is 79.6. The molecule has 22 nitrogen and oxygen atoms in total. The molecule has 12 N–H and O–H groups in total. The molecule has 0 saturated heterocycles. The molecule has 1 aromatic carbocycles. The lowest BCUT2D eigenvalue weighted by Crippen LogP contribution is -2.51. The summed E-state index contributed by atoms with van der Waals surface area (Å²) in [4.78, 5) is 97.3. The van der Waals surface area contributed by atoms with Gasteiger partial charge in [-0.3, -0.25) is 33.8 Å². The van der Waals surface area contributed by atoms with E-state index in [1.807, 2.05) is 32.0 Å². The fourth-order valence-electron chi connectivity index (χ4n) is 6.04. The lowest BCUT2D eigenvalue weighted by molar-refractivity contribution is -0.139. The number of hydrogen-bond donors (Lipinski definition) is 12. The highest BCUT2D eigenvalue weighted by molar-refractivity contribution is 8.76. The number of benzene rings is 1. The van der Waals surface area contributed by atoms with Crippen molar-refractivity contribution < 1.29 is 73.9 Å². The van der Waals surface area contributed by atoms with Gasteiger partial charge in [0.1, 0.15) is 48.1 Å². The van der Waals surface area contributed by atoms with Gasteiger partial charge in [0.25, 0.3) is 5.91 Å². The number of amides is 5. The van der Waals surface area contributed by atoms with Crippen LogP contribution >= 0.6 is 21.6 Å². The van der Waals surface area contributed by atoms with E-state index in [0.717, 1.165) is 5.56 Å². The highest BCUT2D eigenvalue weighted by Gasteiger charge is 2.31. The number of nitrogens with zero attached hydrogens (tertiary/aromatic N) is 2. The van der Waals surface area contributed by atoms with Crippen LogP contribution in [0.1, 0.15) is 81.0 Å². The minimum absolute atomic E-state index is 0.0384. The zero-order valence-corrected chi connectivity index (χ0v) is 38.5. The summed E-state index contributed by atoms with van der Waals surface area (Å²) in [6, 6.07) is 6.73. The van der Waals surface area contributed by atoms with E-state index in [2.05, 4.69) is 36.6 Å². The lowest BCUT2D eigenvalue weighted by Gasteiger charge is -2.26. The van der Waals surface area contributed by atoms with Gasteiger partial charge in [0.05, 0.1) is 30.8 Å². The van der Waals surface area contributed by atoms with Crippen molar-refractivity contribution in [2.75, 3.05) is 25.4 Å². The quantitative estimate of drug-likeness (QED) is 0.0161. The first kappa shape index (κ1) is 57.4. The van der Waals surface area contributed by atoms with Crippen LogP contribution in [0.5, 0.6) is 0 Å². The molecule has 5 amide bonds. The van der Waals surface area contributed by atoms with E-state index in [1.54, 1.807) is 12.1 Å². The molecular weight excluding hydrogens is 905 g/mol. The Labute approximate surface area is 390 Å². The summed E-state index contributed by atoms with van der Waals surface area (Å²) in [6.07, 6.45) is -6.46. The molecule has 0 fully saturated rings. The molecule has 0 aliphatic carbocycles. The number of aliphatic hydroxyl groups is 5. The van der Waals surface area contributed by atoms with Gasteiger partial charge in [-0.15, -0.1) is 0 Å². The largest absolute Gasteiger partial charge is 0.486 e. The molecule has 66 heavy (non-hydrogen) atoms. The molecule has 1 heterocycles. The number of carbonyl (C=O) groups excluding carboxylic acids is 6. The third kappa shape index (κ3) is 22.6. The molecule has 25 heteroatoms. The minimum atomic E-state index is -1.92. The van der Waals surface area contributed by atoms with Gasteiger partial charge in [-0.1, -0.05) is 65.8 Å². The smallest absolute Gasteiger partial charge is 0.481 e. The second-order valence-corrected chi connectivity index (χ2v) is 18.2. The summed E-state index contributed by atoms with van der Waals surface area (Å²) in [5.41, 5.74) is 1.27. The number of hydrogen-bond acceptors (Lipinski definition) is 18. The normalized spacial score (nSPS) is 14.9. The first-order valence-corrected chi connectivity index (χ1v) is 23.5. The monoisotopic (exact) mass is 966 g/mol. The summed E-state index contributed by atoms with van der Waals surface area (Å²) in [7, 11) is 3.22. The van der Waals surface area contributed by atoms with Crippen molar-refractivity contribution in [3.63, 3.8) is 0 Å². The fourth-order valence-corrected chi connectivity index (χ4v) is 7.91. The number of carboxylic acids is 1. The molecule has 8 atom stereocenters. The molecule has 0 bridgehead atoms. The zero-order valence-electron chi connectivity index (χ0n) is 36.9. The van der Waals surface area contributed by atoms with Gasteiger partial charge in [-0.25, -0.2) is 4.98 Å². The van der Waals surface area contributed by atoms with Gasteiger partial charge in [0, 0.05) is 56.2 Å². The minimum Gasteiger partial charge on any atom is -0.481 e. The van der Waals surface area contributed by atoms with Gasteiger partial charge in [0.2, 0.25) is 23.6 Å². The molecule has 0 aliphatic heterocycles. The van der Waals surface area contributed by atoms with Gasteiger partial charge >= 0.3 is 13.7 Å². The van der Waals surface area contributed by atoms with Crippen molar-refractivity contribution in [3.8, 4) is 0 Å². The van der Waals surface area contributed by atoms with E-state index in [1.165, 1.54) is 40.9 Å². The number of ketones is 1. The standard InChI is InChI=1S/C41H61BN7O15S2/c1-23(2)15-34(64-42-63)49-40(61)29(17-25-7-5-4-6-8-25)48-41(62)30-19-44-27(18-45-30)22-66-65-14-13-43-39(60)28(47-38(59)26(16-24(3)51)9-12-35(55)56)10-11-33(54)46-20-31(52)36(57)37(58)32(53)21-50/h4-8,18-19,23,26,28-29,31-32,34,36-37,50,52-53,57-58,63H,9-17,20-22H2,1-3H3,(H,43,60)(H,46,54)(H,47,59)(H,48,62)(H,49,61)(H,55,56)/t26-,28+,29+,31+,32-,34-,36-,37-/m1/s1. The third-order valence-electron chi connectivity index (χ3n) is 9.57. The van der Waals surface area contributed by atoms with Crippen LogP contribution in [0.25, 0.3) is 0 Å². The predicted molar refractivity (Wildman–Crippen MR) is 242 cm³/mol. The van der Waals surface area contributed by atoms with Crippen LogP contribution in [0, 0.1) is 11.8 Å². The number of aliphatic hydroxyl groups excluding tert-OH is 5. The summed E-state index contributed by atoms with van der Waals surface area (Å²) < 4.78 is 5.15. The Morgan fingerprint density at radius 3 is 2.11 bits per heavy atom. The number of aromatic nitrogens is 2. The second kappa shape index (κ2) is 31.3. The zero-order chi connectivity index (χ0) is 49.2. The molecule has 0 saturated carbocycles. The number of nitrogens with one attached hydrogen (secondary N) is 5. The summed E-state index contributed by atoms with van der Waals surface area (Å²) >= 11 is 0. The van der Waals surface area contributed by atoms with Crippen LogP contribution in [-0.2, 0) is 45.6 Å². The Morgan fingerprint density at radius 2 is 1.50 bits per heavy atom. The van der Waals surface area contributed by atoms with Crippen molar-refractivity contribution in [1.82, 2.24) is 36.6 Å². The molecule has 2 rings (SSSR count). The van der Waals surface area contributed by atoms with Crippen LogP contribution in [0.3, 0.4) is 0 Å². The van der Waals surface area contributed by atoms with Crippen molar-refractivity contribution >= 4 is 70.6 Å². The number of carbonyl (C=O) groups is 7. The average Bonchev–Trinajstić information content (AvgIpc) is 3.28. The molecule has 1 radical (unpaired) electrons. The molecule has 0 unspecified atom stereocenters. The topological polar surface area (TPSA) is 356 Å². The molecule has 1 aromatic heterocycles. The van der Waals surface area contributed by atoms with Crippen molar-refractivity contribution in [2.45, 2.75) is 114 Å². The molecule has 0 aliphatic rings. The van der Waals surface area contributed by atoms with E-state index in [-0.39, 0.29) is 56.0 Å². The van der Waals surface area contributed by atoms with Crippen molar-refractivity contribution in [3.05, 3.63) is 59.7 Å². The summed E-state index contributed by atoms with van der Waals surface area (Å²) in [5.74, 6) is -5.17. The van der Waals surface area contributed by atoms with Gasteiger partial charge < -0.3 is 71.7 Å². The number of Topliss-reactive ketones (excluding diaryl/α,β-unsaturated/α-hetero) is 1. The highest BCUT2D eigenvalue weighted by atomic mass is 33.1. The maximum Gasteiger partial charge on any atom is 0.486 e. The van der Waals surface area contributed by atoms with E-state index >= 15 is 0 Å². The van der Waals surface area contributed by atoms with E-state index in [0.29, 0.717) is 31.3 Å². The Bertz CT molecular complexity index is 1840. The Balaban J connectivity index is 1.99. The van der Waals surface area contributed by atoms with Crippen LogP contribution in [0.4, 0.5) is 0 Å². The van der Waals surface area contributed by atoms with Gasteiger partial charge in [0.15, 0.2) is 0 Å². The van der Waals surface area contributed by atoms with Gasteiger partial charge in [-0.05, 0) is 37.7 Å². The SMILES string of the molecule is CC(=O)C[C@@H](CCC(=O)O)C(=O)N[C@@H](CCC(=O)NC[C@H](O)[C@@H](O)[C@H](O)[C@H](O)CO)C(=O)NCCSSCc1cnc(C(=O)N[C@@H](Cc2ccccc2)C(=O)N[C@@H](CC(C)C)O[B]O)cn1. The van der Waals surface area contributed by atoms with Crippen molar-refractivity contribution in [1.29, 1.82) is 0 Å². The fraction of sp³-hybridized carbons (Fsp3) is 0.585. The molecule has 0 spiro atoms. The predicted octanol–water partition coefficient (Wildman–Crippen LogP) is -1.88. The average molecular weight is 967 g/mol. The van der Waals surface area contributed by atoms with Gasteiger partial charge in [-0.2, -0.15) is 0 Å². The first-order chi connectivity index (χ1) is 31.3. The van der Waals surface area contributed by atoms with E-state index in [4.69, 9.17) is 14.9 Å². The van der Waals surface area contributed by atoms with Crippen LogP contribution in [0.2, 0.25) is 0 Å². The molecular formula is C41H61BN7O15S2. The number of rotatable bonds is 33. The Hall–Kier alpha value is -4.73. The Kier molecular flexibility index (Phi) is 27.2. The number of carboxylic acid groups (broad SMARTS) is 1. The van der Waals surface area contributed by atoms with Crippen LogP contribution in [0.15, 0.2) is 42.7 Å². The number of aliphatic carboxylic acids is 1. The Morgan fingerprint density at radius 1 is 0.803 bits per heavy atom. The maximum atomic E-state index is 13.3. The molecule has 365 valence electrons. The highest BCUT2D eigenvalue weighted by Crippen LogP contribution is 2.24. The first-order valence-electron chi connectivity index (χ1n) is 21.1.